The van der Waals surface area contributed by atoms with Gasteiger partial charge in [-0.05, 0) is 41.8 Å². The number of hydrogen-bond donors (Lipinski definition) is 1. The summed E-state index contributed by atoms with van der Waals surface area (Å²) in [5, 5.41) is 21.6. The van der Waals surface area contributed by atoms with Gasteiger partial charge in [0.05, 0.1) is 31.7 Å². The van der Waals surface area contributed by atoms with Gasteiger partial charge in [-0.1, -0.05) is 0 Å². The van der Waals surface area contributed by atoms with Crippen LogP contribution < -0.4 is 4.74 Å². The second kappa shape index (κ2) is 6.67. The van der Waals surface area contributed by atoms with Gasteiger partial charge in [-0.25, -0.2) is 27.2 Å². The van der Waals surface area contributed by atoms with E-state index in [2.05, 4.69) is 25.5 Å². The minimum Gasteiger partial charge on any atom is -0.480 e. The summed E-state index contributed by atoms with van der Waals surface area (Å²) in [6, 6.07) is 2.13. The van der Waals surface area contributed by atoms with E-state index in [9.17, 15) is 13.9 Å². The van der Waals surface area contributed by atoms with E-state index in [0.29, 0.717) is 17.6 Å². The summed E-state index contributed by atoms with van der Waals surface area (Å²) >= 11 is 0. The monoisotopic (exact) mass is 450 g/mol. The van der Waals surface area contributed by atoms with Gasteiger partial charge >= 0.3 is 0 Å². The molecule has 0 aliphatic heterocycles. The Morgan fingerprint density at radius 2 is 1.91 bits per heavy atom. The molecule has 3 saturated carbocycles. The lowest BCUT2D eigenvalue weighted by Crippen LogP contribution is -2.76. The number of halogens is 4. The Morgan fingerprint density at radius 3 is 2.47 bits per heavy atom. The van der Waals surface area contributed by atoms with E-state index in [1.807, 2.05) is 0 Å². The first kappa shape index (κ1) is 20.7. The molecule has 32 heavy (non-hydrogen) atoms. The van der Waals surface area contributed by atoms with Gasteiger partial charge in [-0.3, -0.25) is 4.98 Å². The lowest BCUT2D eigenvalue weighted by molar-refractivity contribution is -0.348. The van der Waals surface area contributed by atoms with Gasteiger partial charge in [-0.2, -0.15) is 0 Å². The van der Waals surface area contributed by atoms with Crippen molar-refractivity contribution < 1.29 is 27.4 Å². The highest BCUT2D eigenvalue weighted by Gasteiger charge is 2.82. The average Bonchev–Trinajstić information content (AvgIpc) is 3.18. The zero-order valence-electron chi connectivity index (χ0n) is 16.8. The quantitative estimate of drug-likeness (QED) is 0.552. The first-order valence-corrected chi connectivity index (χ1v) is 9.78. The standard InChI is InChI=1S/C20H18F4N6O2/c1-32-16-6-25-15(5-26-16)17-7-18(8-17,9-17)20(23,24)19(31,10-30-11-27-28-29-30)13-3-2-12(21)4-14(13)22/h2-6,11,31H,7-10H2,1H3/t17?,18?,19-/m1/s1. The predicted octanol–water partition coefficient (Wildman–Crippen LogP) is 2.39. The molecule has 8 nitrogen and oxygen atoms in total. The van der Waals surface area contributed by atoms with Crippen molar-refractivity contribution in [1.29, 1.82) is 0 Å². The first-order valence-electron chi connectivity index (χ1n) is 9.78. The van der Waals surface area contributed by atoms with Crippen molar-refractivity contribution in [3.05, 3.63) is 59.8 Å². The molecule has 0 unspecified atom stereocenters. The fourth-order valence-corrected chi connectivity index (χ4v) is 5.19. The summed E-state index contributed by atoms with van der Waals surface area (Å²) in [5.41, 5.74) is -5.34. The molecular weight excluding hydrogens is 432 g/mol. The summed E-state index contributed by atoms with van der Waals surface area (Å²) < 4.78 is 66.0. The Labute approximate surface area is 179 Å². The minimum absolute atomic E-state index is 0.0364. The van der Waals surface area contributed by atoms with Gasteiger partial charge < -0.3 is 9.84 Å². The molecule has 2 aromatic heterocycles. The Morgan fingerprint density at radius 1 is 1.16 bits per heavy atom. The molecule has 3 fully saturated rings. The number of nitrogens with zero attached hydrogens (tertiary/aromatic N) is 6. The smallest absolute Gasteiger partial charge is 0.287 e. The van der Waals surface area contributed by atoms with Gasteiger partial charge in [0.25, 0.3) is 5.92 Å². The van der Waals surface area contributed by atoms with E-state index in [0.717, 1.165) is 23.1 Å². The molecule has 3 aliphatic rings. The molecule has 1 atom stereocenters. The molecule has 1 N–H and O–H groups in total. The number of aromatic nitrogens is 6. The Bertz CT molecular complexity index is 1140. The molecular formula is C20H18F4N6O2. The molecule has 2 bridgehead atoms. The van der Waals surface area contributed by atoms with Crippen molar-refractivity contribution in [3.63, 3.8) is 0 Å². The van der Waals surface area contributed by atoms with Crippen LogP contribution in [-0.2, 0) is 17.6 Å². The number of rotatable bonds is 7. The molecule has 12 heteroatoms. The topological polar surface area (TPSA) is 98.8 Å². The fourth-order valence-electron chi connectivity index (χ4n) is 5.19. The molecule has 2 heterocycles. The zero-order chi connectivity index (χ0) is 22.8. The maximum absolute atomic E-state index is 16.1. The van der Waals surface area contributed by atoms with Crippen LogP contribution in [0.15, 0.2) is 36.9 Å². The van der Waals surface area contributed by atoms with Crippen LogP contribution >= 0.6 is 0 Å². The first-order chi connectivity index (χ1) is 15.1. The lowest BCUT2D eigenvalue weighted by atomic mass is 9.31. The molecule has 6 rings (SSSR count). The SMILES string of the molecule is COc1cnc(C23CC(C(F)(F)[C@@](O)(Cn4cnnn4)c4ccc(F)cc4F)(C2)C3)cn1. The number of tetrazole rings is 1. The summed E-state index contributed by atoms with van der Waals surface area (Å²) in [6.07, 6.45) is 4.06. The van der Waals surface area contributed by atoms with Gasteiger partial charge in [0.1, 0.15) is 18.0 Å². The number of hydrogen-bond acceptors (Lipinski definition) is 7. The van der Waals surface area contributed by atoms with Crippen LogP contribution in [0.2, 0.25) is 0 Å². The van der Waals surface area contributed by atoms with Gasteiger partial charge in [-0.15, -0.1) is 5.10 Å². The number of methoxy groups -OCH3 is 1. The average molecular weight is 450 g/mol. The summed E-state index contributed by atoms with van der Waals surface area (Å²) in [6.45, 7) is -0.813. The zero-order valence-corrected chi connectivity index (χ0v) is 16.8. The van der Waals surface area contributed by atoms with Crippen molar-refractivity contribution in [2.24, 2.45) is 5.41 Å². The summed E-state index contributed by atoms with van der Waals surface area (Å²) in [7, 11) is 1.44. The van der Waals surface area contributed by atoms with Crippen LogP contribution in [0.1, 0.15) is 30.5 Å². The van der Waals surface area contributed by atoms with E-state index in [1.54, 1.807) is 0 Å². The molecule has 0 radical (unpaired) electrons. The largest absolute Gasteiger partial charge is 0.480 e. The second-order valence-electron chi connectivity index (χ2n) is 8.60. The third-order valence-electron chi connectivity index (χ3n) is 6.76. The van der Waals surface area contributed by atoms with Gasteiger partial charge in [0, 0.05) is 22.5 Å². The molecule has 0 saturated heterocycles. The lowest BCUT2D eigenvalue weighted by Gasteiger charge is -2.73. The number of benzene rings is 1. The third kappa shape index (κ3) is 2.68. The fraction of sp³-hybridized carbons (Fsp3) is 0.450. The maximum atomic E-state index is 16.1. The number of alkyl halides is 2. The normalized spacial score (nSPS) is 26.1. The summed E-state index contributed by atoms with van der Waals surface area (Å²) in [4.78, 5) is 8.36. The Hall–Kier alpha value is -3.15. The minimum atomic E-state index is -3.79. The summed E-state index contributed by atoms with van der Waals surface area (Å²) in [5.74, 6) is -5.70. The molecule has 3 aliphatic carbocycles. The van der Waals surface area contributed by atoms with E-state index >= 15 is 8.78 Å². The van der Waals surface area contributed by atoms with Crippen molar-refractivity contribution in [2.75, 3.05) is 7.11 Å². The number of ether oxygens (including phenoxy) is 1. The Balaban J connectivity index is 1.49. The van der Waals surface area contributed by atoms with Gasteiger partial charge in [0.15, 0.2) is 5.60 Å². The highest BCUT2D eigenvalue weighted by atomic mass is 19.3. The number of aliphatic hydroxyl groups is 1. The van der Waals surface area contributed by atoms with Crippen molar-refractivity contribution >= 4 is 0 Å². The van der Waals surface area contributed by atoms with E-state index < -0.39 is 46.1 Å². The van der Waals surface area contributed by atoms with Crippen molar-refractivity contribution in [1.82, 2.24) is 30.2 Å². The van der Waals surface area contributed by atoms with Gasteiger partial charge in [0.2, 0.25) is 5.88 Å². The maximum Gasteiger partial charge on any atom is 0.287 e. The van der Waals surface area contributed by atoms with Crippen LogP contribution in [0.25, 0.3) is 0 Å². The van der Waals surface area contributed by atoms with Crippen molar-refractivity contribution in [3.8, 4) is 5.88 Å². The molecule has 1 aromatic carbocycles. The van der Waals surface area contributed by atoms with Crippen LogP contribution in [0.3, 0.4) is 0 Å². The van der Waals surface area contributed by atoms with Crippen molar-refractivity contribution in [2.45, 2.75) is 42.7 Å². The molecule has 0 spiro atoms. The molecule has 3 aromatic rings. The highest BCUT2D eigenvalue weighted by Crippen LogP contribution is 2.80. The van der Waals surface area contributed by atoms with E-state index in [4.69, 9.17) is 4.74 Å². The van der Waals surface area contributed by atoms with Crippen LogP contribution in [0.4, 0.5) is 17.6 Å². The van der Waals surface area contributed by atoms with E-state index in [1.165, 1.54) is 19.5 Å². The highest BCUT2D eigenvalue weighted by molar-refractivity contribution is 5.40. The second-order valence-corrected chi connectivity index (χ2v) is 8.60. The predicted molar refractivity (Wildman–Crippen MR) is 99.6 cm³/mol. The van der Waals surface area contributed by atoms with Crippen LogP contribution in [-0.4, -0.2) is 48.3 Å². The molecule has 0 amide bonds. The Kier molecular flexibility index (Phi) is 4.32. The third-order valence-corrected chi connectivity index (χ3v) is 6.76. The van der Waals surface area contributed by atoms with Crippen LogP contribution in [0, 0.1) is 17.0 Å². The van der Waals surface area contributed by atoms with E-state index in [-0.39, 0.29) is 19.3 Å². The molecule has 168 valence electrons. The van der Waals surface area contributed by atoms with Crippen LogP contribution in [0.5, 0.6) is 5.88 Å².